The zero-order valence-corrected chi connectivity index (χ0v) is 17.2. The molecular formula is C22H26ClN3O3. The Bertz CT molecular complexity index is 853. The van der Waals surface area contributed by atoms with Crippen molar-refractivity contribution in [1.82, 2.24) is 15.1 Å². The van der Waals surface area contributed by atoms with Gasteiger partial charge in [0.25, 0.3) is 0 Å². The number of ether oxygens (including phenoxy) is 2. The second kappa shape index (κ2) is 9.48. The Morgan fingerprint density at radius 3 is 2.59 bits per heavy atom. The largest absolute Gasteiger partial charge is 0.454 e. The zero-order chi connectivity index (χ0) is 20.1. The Morgan fingerprint density at radius 1 is 0.966 bits per heavy atom. The Balaban J connectivity index is 1.15. The van der Waals surface area contributed by atoms with Gasteiger partial charge in [-0.25, -0.2) is 0 Å². The second-order valence-corrected chi connectivity index (χ2v) is 7.91. The van der Waals surface area contributed by atoms with Crippen LogP contribution in [0.25, 0.3) is 0 Å². The van der Waals surface area contributed by atoms with Gasteiger partial charge in [0.15, 0.2) is 11.5 Å². The monoisotopic (exact) mass is 415 g/mol. The van der Waals surface area contributed by atoms with Crippen LogP contribution in [0, 0.1) is 0 Å². The van der Waals surface area contributed by atoms with E-state index in [2.05, 4.69) is 27.2 Å². The quantitative estimate of drug-likeness (QED) is 0.753. The van der Waals surface area contributed by atoms with E-state index in [1.165, 1.54) is 5.56 Å². The Kier molecular flexibility index (Phi) is 6.54. The minimum absolute atomic E-state index is 0.0799. The molecule has 2 aliphatic rings. The number of amides is 1. The average Bonchev–Trinajstić information content (AvgIpc) is 3.17. The van der Waals surface area contributed by atoms with Crippen molar-refractivity contribution in [3.05, 3.63) is 58.6 Å². The summed E-state index contributed by atoms with van der Waals surface area (Å²) in [6.07, 6.45) is 0.787. The third kappa shape index (κ3) is 5.63. The van der Waals surface area contributed by atoms with Crippen LogP contribution in [0.5, 0.6) is 11.5 Å². The van der Waals surface area contributed by atoms with Crippen molar-refractivity contribution in [2.75, 3.05) is 46.1 Å². The molecule has 1 amide bonds. The lowest BCUT2D eigenvalue weighted by molar-refractivity contribution is -0.122. The molecule has 29 heavy (non-hydrogen) atoms. The molecule has 0 bridgehead atoms. The van der Waals surface area contributed by atoms with E-state index in [9.17, 15) is 4.79 Å². The van der Waals surface area contributed by atoms with Gasteiger partial charge in [-0.3, -0.25) is 14.6 Å². The number of nitrogens with zero attached hydrogens (tertiary/aromatic N) is 2. The number of carbonyl (C=O) groups excluding carboxylic acids is 1. The summed E-state index contributed by atoms with van der Waals surface area (Å²) in [6.45, 7) is 5.96. The molecule has 0 aliphatic carbocycles. The third-order valence-electron chi connectivity index (χ3n) is 5.30. The van der Waals surface area contributed by atoms with Gasteiger partial charge in [-0.2, -0.15) is 0 Å². The molecule has 0 radical (unpaired) electrons. The fourth-order valence-corrected chi connectivity index (χ4v) is 3.91. The van der Waals surface area contributed by atoms with E-state index in [4.69, 9.17) is 21.1 Å². The molecule has 2 aliphatic heterocycles. The topological polar surface area (TPSA) is 54.0 Å². The minimum Gasteiger partial charge on any atom is -0.454 e. The molecule has 0 spiro atoms. The summed E-state index contributed by atoms with van der Waals surface area (Å²) in [5, 5.41) is 3.74. The molecule has 0 saturated carbocycles. The molecule has 154 valence electrons. The van der Waals surface area contributed by atoms with Crippen molar-refractivity contribution in [1.29, 1.82) is 0 Å². The maximum atomic E-state index is 12.2. The second-order valence-electron chi connectivity index (χ2n) is 7.47. The molecule has 4 rings (SSSR count). The van der Waals surface area contributed by atoms with Gasteiger partial charge in [-0.15, -0.1) is 0 Å². The summed E-state index contributed by atoms with van der Waals surface area (Å²) in [5.41, 5.74) is 2.36. The van der Waals surface area contributed by atoms with Gasteiger partial charge in [0, 0.05) is 44.3 Å². The lowest BCUT2D eigenvalue weighted by Crippen LogP contribution is -2.49. The summed E-state index contributed by atoms with van der Waals surface area (Å²) >= 11 is 5.99. The van der Waals surface area contributed by atoms with Crippen molar-refractivity contribution in [2.45, 2.75) is 13.0 Å². The van der Waals surface area contributed by atoms with Crippen molar-refractivity contribution in [3.8, 4) is 11.5 Å². The van der Waals surface area contributed by atoms with Gasteiger partial charge in [0.2, 0.25) is 12.7 Å². The van der Waals surface area contributed by atoms with E-state index < -0.39 is 0 Å². The average molecular weight is 416 g/mol. The molecule has 0 aromatic heterocycles. The first kappa shape index (κ1) is 20.0. The van der Waals surface area contributed by atoms with Crippen LogP contribution >= 0.6 is 11.6 Å². The van der Waals surface area contributed by atoms with E-state index in [-0.39, 0.29) is 5.91 Å². The zero-order valence-electron chi connectivity index (χ0n) is 16.4. The van der Waals surface area contributed by atoms with E-state index >= 15 is 0 Å². The summed E-state index contributed by atoms with van der Waals surface area (Å²) in [4.78, 5) is 16.9. The Morgan fingerprint density at radius 2 is 1.76 bits per heavy atom. The van der Waals surface area contributed by atoms with Crippen LogP contribution in [0.1, 0.15) is 11.1 Å². The number of halogens is 1. The lowest BCUT2D eigenvalue weighted by atomic mass is 10.1. The van der Waals surface area contributed by atoms with Crippen LogP contribution in [0.4, 0.5) is 0 Å². The summed E-state index contributed by atoms with van der Waals surface area (Å²) in [7, 11) is 0. The van der Waals surface area contributed by atoms with Crippen molar-refractivity contribution in [2.24, 2.45) is 0 Å². The fourth-order valence-electron chi connectivity index (χ4n) is 3.70. The molecule has 1 N–H and O–H groups in total. The number of hydrogen-bond donors (Lipinski definition) is 1. The van der Waals surface area contributed by atoms with Crippen LogP contribution in [0.3, 0.4) is 0 Å². The first-order valence-electron chi connectivity index (χ1n) is 10.00. The highest BCUT2D eigenvalue weighted by Gasteiger charge is 2.20. The number of nitrogens with one attached hydrogen (secondary N) is 1. The van der Waals surface area contributed by atoms with Crippen LogP contribution in [-0.4, -0.2) is 61.8 Å². The summed E-state index contributed by atoms with van der Waals surface area (Å²) < 4.78 is 10.8. The molecule has 2 heterocycles. The van der Waals surface area contributed by atoms with E-state index in [0.29, 0.717) is 19.9 Å². The lowest BCUT2D eigenvalue weighted by Gasteiger charge is -2.34. The van der Waals surface area contributed by atoms with E-state index in [0.717, 1.165) is 61.2 Å². The maximum Gasteiger partial charge on any atom is 0.234 e. The molecule has 7 heteroatoms. The number of rotatable bonds is 7. The summed E-state index contributed by atoms with van der Waals surface area (Å²) in [5.74, 6) is 1.73. The molecule has 0 atom stereocenters. The normalized spacial score (nSPS) is 16.7. The van der Waals surface area contributed by atoms with Gasteiger partial charge >= 0.3 is 0 Å². The van der Waals surface area contributed by atoms with Gasteiger partial charge in [-0.05, 0) is 41.8 Å². The first-order valence-corrected chi connectivity index (χ1v) is 10.4. The van der Waals surface area contributed by atoms with Crippen molar-refractivity contribution >= 4 is 17.5 Å². The van der Waals surface area contributed by atoms with E-state index in [1.54, 1.807) is 0 Å². The number of fused-ring (bicyclic) bond motifs is 1. The third-order valence-corrected chi connectivity index (χ3v) is 5.54. The number of benzene rings is 2. The highest BCUT2D eigenvalue weighted by Crippen LogP contribution is 2.32. The SMILES string of the molecule is O=C(CN1CCN(Cc2ccc3c(c2)OCO3)CC1)NCCc1cccc(Cl)c1. The van der Waals surface area contributed by atoms with Gasteiger partial charge in [0.1, 0.15) is 0 Å². The van der Waals surface area contributed by atoms with Gasteiger partial charge in [0.05, 0.1) is 6.54 Å². The highest BCUT2D eigenvalue weighted by molar-refractivity contribution is 6.30. The molecule has 2 aromatic carbocycles. The summed E-state index contributed by atoms with van der Waals surface area (Å²) in [6, 6.07) is 13.9. The standard InChI is InChI=1S/C22H26ClN3O3/c23-19-3-1-2-17(12-19)6-7-24-22(27)15-26-10-8-25(9-11-26)14-18-4-5-20-21(13-18)29-16-28-20/h1-5,12-13H,6-11,14-16H2,(H,24,27). The number of hydrogen-bond acceptors (Lipinski definition) is 5. The molecule has 6 nitrogen and oxygen atoms in total. The number of piperazine rings is 1. The van der Waals surface area contributed by atoms with Crippen molar-refractivity contribution in [3.63, 3.8) is 0 Å². The van der Waals surface area contributed by atoms with Crippen LogP contribution in [-0.2, 0) is 17.8 Å². The molecular weight excluding hydrogens is 390 g/mol. The van der Waals surface area contributed by atoms with Crippen LogP contribution in [0.2, 0.25) is 5.02 Å². The predicted octanol–water partition coefficient (Wildman–Crippen LogP) is 2.55. The fraction of sp³-hybridized carbons (Fsp3) is 0.409. The molecule has 0 unspecified atom stereocenters. The van der Waals surface area contributed by atoms with Gasteiger partial charge < -0.3 is 14.8 Å². The Labute approximate surface area is 176 Å². The predicted molar refractivity (Wildman–Crippen MR) is 112 cm³/mol. The Hall–Kier alpha value is -2.28. The first-order chi connectivity index (χ1) is 14.2. The minimum atomic E-state index is 0.0799. The highest BCUT2D eigenvalue weighted by atomic mass is 35.5. The van der Waals surface area contributed by atoms with Crippen molar-refractivity contribution < 1.29 is 14.3 Å². The molecule has 2 aromatic rings. The maximum absolute atomic E-state index is 12.2. The number of carbonyl (C=O) groups is 1. The molecule has 1 saturated heterocycles. The van der Waals surface area contributed by atoms with E-state index in [1.807, 2.05) is 30.3 Å². The molecule has 1 fully saturated rings. The van der Waals surface area contributed by atoms with Crippen LogP contribution < -0.4 is 14.8 Å². The van der Waals surface area contributed by atoms with Crippen LogP contribution in [0.15, 0.2) is 42.5 Å². The van der Waals surface area contributed by atoms with Gasteiger partial charge in [-0.1, -0.05) is 29.8 Å². The smallest absolute Gasteiger partial charge is 0.234 e.